The molecule has 0 radical (unpaired) electrons. The van der Waals surface area contributed by atoms with E-state index in [-0.39, 0.29) is 43.0 Å². The Kier molecular flexibility index (Phi) is 14.5. The Labute approximate surface area is 279 Å². The minimum atomic E-state index is -1.06. The second-order valence-corrected chi connectivity index (χ2v) is 11.8. The topological polar surface area (TPSA) is 265 Å². The molecule has 260 valence electrons. The van der Waals surface area contributed by atoms with Crippen molar-refractivity contribution in [3.05, 3.63) is 47.3 Å². The normalized spacial score (nSPS) is 15.3. The summed E-state index contributed by atoms with van der Waals surface area (Å²) in [6, 6.07) is 6.29. The summed E-state index contributed by atoms with van der Waals surface area (Å²) in [5, 5.41) is 17.1. The van der Waals surface area contributed by atoms with Crippen LogP contribution in [0.3, 0.4) is 0 Å². The Hall–Kier alpha value is -5.28. The molecule has 1 aliphatic carbocycles. The lowest BCUT2D eigenvalue weighted by molar-refractivity contribution is -0.132. The Morgan fingerprint density at radius 1 is 0.958 bits per heavy atom. The Morgan fingerprint density at radius 3 is 2.27 bits per heavy atom. The fourth-order valence-electron chi connectivity index (χ4n) is 5.39. The van der Waals surface area contributed by atoms with Crippen molar-refractivity contribution in [1.29, 1.82) is 0 Å². The zero-order chi connectivity index (χ0) is 35.1. The van der Waals surface area contributed by atoms with Crippen LogP contribution in [0.15, 0.2) is 40.9 Å². The minimum absolute atomic E-state index is 0.107. The van der Waals surface area contributed by atoms with Gasteiger partial charge in [0.15, 0.2) is 5.96 Å². The van der Waals surface area contributed by atoms with Crippen LogP contribution >= 0.6 is 0 Å². The van der Waals surface area contributed by atoms with Gasteiger partial charge in [0, 0.05) is 12.1 Å². The number of rotatable bonds is 17. The fourth-order valence-corrected chi connectivity index (χ4v) is 5.39. The largest absolute Gasteiger partial charge is 0.370 e. The first kappa shape index (κ1) is 37.2. The monoisotopic (exact) mass is 665 g/mol. The summed E-state index contributed by atoms with van der Waals surface area (Å²) in [5.41, 5.74) is 17.5. The van der Waals surface area contributed by atoms with Crippen LogP contribution in [0.2, 0.25) is 0 Å². The number of amides is 5. The Balaban J connectivity index is 1.74. The molecule has 1 heterocycles. The number of carbonyl (C=O) groups excluding carboxylic acids is 5. The van der Waals surface area contributed by atoms with Gasteiger partial charge in [0.05, 0.1) is 0 Å². The highest BCUT2D eigenvalue weighted by atomic mass is 16.2. The van der Waals surface area contributed by atoms with Crippen LogP contribution in [0.25, 0.3) is 6.08 Å². The van der Waals surface area contributed by atoms with E-state index in [0.717, 1.165) is 37.7 Å². The molecule has 3 unspecified atom stereocenters. The zero-order valence-corrected chi connectivity index (χ0v) is 27.5. The summed E-state index contributed by atoms with van der Waals surface area (Å²) in [6.07, 6.45) is 7.71. The third-order valence-electron chi connectivity index (χ3n) is 8.03. The van der Waals surface area contributed by atoms with Crippen molar-refractivity contribution in [2.75, 3.05) is 11.9 Å². The SMILES string of the molecule is CCC(NC(=O)C(CCCN=C(N)N)NC(=O)C(CC1CCCCC1)NC(=O)c1nc(NC(=O)/C(C)=C/c2ccccc2)n[nH]1)C(N)=O. The summed E-state index contributed by atoms with van der Waals surface area (Å²) in [7, 11) is 0. The van der Waals surface area contributed by atoms with Gasteiger partial charge in [-0.2, -0.15) is 4.98 Å². The van der Waals surface area contributed by atoms with Crippen LogP contribution in [-0.4, -0.2) is 75.3 Å². The summed E-state index contributed by atoms with van der Waals surface area (Å²) >= 11 is 0. The van der Waals surface area contributed by atoms with Crippen molar-refractivity contribution in [2.24, 2.45) is 28.1 Å². The number of primary amides is 1. The van der Waals surface area contributed by atoms with Gasteiger partial charge in [-0.1, -0.05) is 69.4 Å². The van der Waals surface area contributed by atoms with Crippen LogP contribution in [0, 0.1) is 5.92 Å². The second kappa shape index (κ2) is 18.8. The maximum Gasteiger partial charge on any atom is 0.289 e. The number of H-pyrrole nitrogens is 1. The van der Waals surface area contributed by atoms with Crippen LogP contribution < -0.4 is 38.5 Å². The van der Waals surface area contributed by atoms with E-state index in [1.807, 2.05) is 30.3 Å². The average Bonchev–Trinajstić information content (AvgIpc) is 3.53. The quantitative estimate of drug-likeness (QED) is 0.0514. The van der Waals surface area contributed by atoms with Crippen molar-refractivity contribution in [2.45, 2.75) is 89.8 Å². The van der Waals surface area contributed by atoms with E-state index in [1.54, 1.807) is 19.9 Å². The van der Waals surface area contributed by atoms with E-state index in [1.165, 1.54) is 0 Å². The molecule has 3 rings (SSSR count). The number of nitrogens with one attached hydrogen (secondary N) is 5. The number of guanidine groups is 1. The van der Waals surface area contributed by atoms with Gasteiger partial charge in [0.2, 0.25) is 29.5 Å². The molecule has 1 saturated carbocycles. The van der Waals surface area contributed by atoms with Gasteiger partial charge >= 0.3 is 0 Å². The van der Waals surface area contributed by atoms with Crippen LogP contribution in [0.4, 0.5) is 5.95 Å². The molecule has 0 spiro atoms. The summed E-state index contributed by atoms with van der Waals surface area (Å²) in [5.74, 6) is -3.33. The Morgan fingerprint density at radius 2 is 1.62 bits per heavy atom. The predicted octanol–water partition coefficient (Wildman–Crippen LogP) is 0.834. The first-order chi connectivity index (χ1) is 23.0. The lowest BCUT2D eigenvalue weighted by Gasteiger charge is -2.28. The van der Waals surface area contributed by atoms with E-state index in [2.05, 4.69) is 41.4 Å². The van der Waals surface area contributed by atoms with Crippen LogP contribution in [0.5, 0.6) is 0 Å². The number of anilines is 1. The number of aromatic amines is 1. The van der Waals surface area contributed by atoms with Gasteiger partial charge in [0.25, 0.3) is 11.8 Å². The third kappa shape index (κ3) is 12.1. The first-order valence-electron chi connectivity index (χ1n) is 16.2. The smallest absolute Gasteiger partial charge is 0.289 e. The molecular formula is C32H47N11O5. The molecule has 1 aliphatic rings. The maximum absolute atomic E-state index is 13.7. The van der Waals surface area contributed by atoms with Gasteiger partial charge < -0.3 is 33.2 Å². The number of carbonyl (C=O) groups is 5. The van der Waals surface area contributed by atoms with Gasteiger partial charge in [-0.15, -0.1) is 5.10 Å². The third-order valence-corrected chi connectivity index (χ3v) is 8.03. The molecule has 3 atom stereocenters. The highest BCUT2D eigenvalue weighted by Crippen LogP contribution is 2.27. The maximum atomic E-state index is 13.7. The zero-order valence-electron chi connectivity index (χ0n) is 27.5. The van der Waals surface area contributed by atoms with Crippen molar-refractivity contribution < 1.29 is 24.0 Å². The van der Waals surface area contributed by atoms with E-state index >= 15 is 0 Å². The molecular weight excluding hydrogens is 618 g/mol. The predicted molar refractivity (Wildman–Crippen MR) is 181 cm³/mol. The van der Waals surface area contributed by atoms with Crippen molar-refractivity contribution in [3.8, 4) is 0 Å². The van der Waals surface area contributed by atoms with Crippen molar-refractivity contribution in [3.63, 3.8) is 0 Å². The number of aromatic nitrogens is 3. The average molecular weight is 666 g/mol. The molecule has 1 aromatic heterocycles. The molecule has 1 aromatic carbocycles. The van der Waals surface area contributed by atoms with Gasteiger partial charge in [-0.25, -0.2) is 0 Å². The first-order valence-corrected chi connectivity index (χ1v) is 16.2. The van der Waals surface area contributed by atoms with E-state index in [4.69, 9.17) is 17.2 Å². The molecule has 5 amide bonds. The standard InChI is InChI=1S/C32H47N11O5/c1-3-22(25(33)44)37-28(46)23(15-10-16-36-31(34)35)38-29(47)24(18-21-13-8-5-9-14-21)39-30(48)26-40-32(43-42-26)41-27(45)19(2)17-20-11-6-4-7-12-20/h4,6-7,11-12,17,21-24H,3,5,8-10,13-16,18H2,1-2H3,(H2,33,44)(H,37,46)(H,38,47)(H,39,48)(H4,34,35,36)(H2,40,41,42,43,45)/b19-17+. The van der Waals surface area contributed by atoms with Crippen LogP contribution in [0.1, 0.15) is 87.8 Å². The molecule has 0 saturated heterocycles. The number of hydrogen-bond donors (Lipinski definition) is 8. The fraction of sp³-hybridized carbons (Fsp3) is 0.500. The highest BCUT2D eigenvalue weighted by molar-refractivity contribution is 6.05. The molecule has 1 fully saturated rings. The molecule has 11 N–H and O–H groups in total. The van der Waals surface area contributed by atoms with E-state index < -0.39 is 47.7 Å². The van der Waals surface area contributed by atoms with Gasteiger partial charge in [-0.05, 0) is 50.2 Å². The summed E-state index contributed by atoms with van der Waals surface area (Å²) < 4.78 is 0. The molecule has 2 aromatic rings. The molecule has 48 heavy (non-hydrogen) atoms. The van der Waals surface area contributed by atoms with Gasteiger partial charge in [-0.3, -0.25) is 39.4 Å². The number of hydrogen-bond acceptors (Lipinski definition) is 8. The lowest BCUT2D eigenvalue weighted by atomic mass is 9.84. The second-order valence-electron chi connectivity index (χ2n) is 11.8. The van der Waals surface area contributed by atoms with Gasteiger partial charge in [0.1, 0.15) is 18.1 Å². The number of nitrogens with zero attached hydrogens (tertiary/aromatic N) is 3. The van der Waals surface area contributed by atoms with E-state index in [9.17, 15) is 24.0 Å². The molecule has 0 bridgehead atoms. The van der Waals surface area contributed by atoms with Crippen LogP contribution in [-0.2, 0) is 19.2 Å². The van der Waals surface area contributed by atoms with Crippen molar-refractivity contribution >= 4 is 47.5 Å². The minimum Gasteiger partial charge on any atom is -0.370 e. The van der Waals surface area contributed by atoms with Crippen molar-refractivity contribution in [1.82, 2.24) is 31.1 Å². The molecule has 16 heteroatoms. The molecule has 0 aliphatic heterocycles. The lowest BCUT2D eigenvalue weighted by Crippen LogP contribution is -2.56. The Bertz CT molecular complexity index is 1460. The summed E-state index contributed by atoms with van der Waals surface area (Å²) in [6.45, 7) is 3.55. The van der Waals surface area contributed by atoms with E-state index in [0.29, 0.717) is 18.4 Å². The number of aliphatic imine (C=N–C) groups is 1. The molecule has 16 nitrogen and oxygen atoms in total. The highest BCUT2D eigenvalue weighted by Gasteiger charge is 2.31. The summed E-state index contributed by atoms with van der Waals surface area (Å²) in [4.78, 5) is 72.8. The number of nitrogens with two attached hydrogens (primary N) is 3. The number of benzene rings is 1.